The van der Waals surface area contributed by atoms with Gasteiger partial charge in [0.2, 0.25) is 0 Å². The molecule has 1 saturated heterocycles. The maximum absolute atomic E-state index is 6.10. The molecule has 21 heavy (non-hydrogen) atoms. The van der Waals surface area contributed by atoms with Gasteiger partial charge in [-0.05, 0) is 26.8 Å². The summed E-state index contributed by atoms with van der Waals surface area (Å²) in [5.74, 6) is 1.01. The molecule has 0 saturated carbocycles. The summed E-state index contributed by atoms with van der Waals surface area (Å²) in [6, 6.07) is 9.01. The number of para-hydroxylation sites is 1. The Morgan fingerprint density at radius 3 is 2.76 bits per heavy atom. The Morgan fingerprint density at radius 1 is 1.29 bits per heavy atom. The second kappa shape index (κ2) is 5.95. The predicted molar refractivity (Wildman–Crippen MR) is 83.7 cm³/mol. The molecule has 3 rings (SSSR count). The van der Waals surface area contributed by atoms with Gasteiger partial charge >= 0.3 is 0 Å². The normalized spacial score (nSPS) is 26.1. The molecule has 2 aliphatic heterocycles. The number of nitrogens with zero attached hydrogens (tertiary/aromatic N) is 1. The smallest absolute Gasteiger partial charge is 0.125 e. The van der Waals surface area contributed by atoms with Gasteiger partial charge in [-0.1, -0.05) is 18.2 Å². The van der Waals surface area contributed by atoms with Crippen molar-refractivity contribution >= 4 is 0 Å². The van der Waals surface area contributed by atoms with Crippen LogP contribution in [-0.4, -0.2) is 49.4 Å². The molecule has 1 fully saturated rings. The van der Waals surface area contributed by atoms with E-state index in [-0.39, 0.29) is 11.6 Å². The fourth-order valence-electron chi connectivity index (χ4n) is 3.33. The van der Waals surface area contributed by atoms with Crippen molar-refractivity contribution in [3.05, 3.63) is 29.8 Å². The van der Waals surface area contributed by atoms with Gasteiger partial charge in [0.25, 0.3) is 0 Å². The van der Waals surface area contributed by atoms with Crippen LogP contribution in [0.3, 0.4) is 0 Å². The van der Waals surface area contributed by atoms with E-state index in [9.17, 15) is 0 Å². The number of rotatable bonds is 4. The average Bonchev–Trinajstić information content (AvgIpc) is 2.71. The van der Waals surface area contributed by atoms with Crippen molar-refractivity contribution in [3.63, 3.8) is 0 Å². The topological polar surface area (TPSA) is 33.7 Å². The van der Waals surface area contributed by atoms with Crippen LogP contribution in [0.5, 0.6) is 5.75 Å². The molecular weight excluding hydrogens is 264 g/mol. The van der Waals surface area contributed by atoms with Crippen molar-refractivity contribution in [1.29, 1.82) is 0 Å². The first-order valence-electron chi connectivity index (χ1n) is 7.90. The minimum atomic E-state index is -0.205. The summed E-state index contributed by atoms with van der Waals surface area (Å²) in [5.41, 5.74) is 1.07. The van der Waals surface area contributed by atoms with Crippen LogP contribution >= 0.6 is 0 Å². The zero-order valence-corrected chi connectivity index (χ0v) is 13.3. The number of hydrogen-bond acceptors (Lipinski definition) is 4. The molecular formula is C17H26N2O2. The van der Waals surface area contributed by atoms with Gasteiger partial charge in [-0.2, -0.15) is 0 Å². The Kier molecular flexibility index (Phi) is 4.20. The highest BCUT2D eigenvalue weighted by atomic mass is 16.5. The highest BCUT2D eigenvalue weighted by Gasteiger charge is 2.41. The fraction of sp³-hybridized carbons (Fsp3) is 0.647. The molecule has 0 bridgehead atoms. The van der Waals surface area contributed by atoms with E-state index in [0.717, 1.165) is 38.6 Å². The molecule has 2 heterocycles. The third-order valence-corrected chi connectivity index (χ3v) is 4.39. The van der Waals surface area contributed by atoms with E-state index < -0.39 is 0 Å². The Labute approximate surface area is 127 Å². The molecule has 0 spiro atoms. The molecule has 0 aromatic heterocycles. The summed E-state index contributed by atoms with van der Waals surface area (Å²) in [6.45, 7) is 11.4. The molecule has 1 aromatic carbocycles. The number of nitrogens with one attached hydrogen (secondary N) is 1. The van der Waals surface area contributed by atoms with Crippen molar-refractivity contribution in [2.45, 2.75) is 38.5 Å². The van der Waals surface area contributed by atoms with Gasteiger partial charge in [0.1, 0.15) is 11.4 Å². The molecule has 4 nitrogen and oxygen atoms in total. The quantitative estimate of drug-likeness (QED) is 0.922. The van der Waals surface area contributed by atoms with Crippen LogP contribution in [0.1, 0.15) is 32.4 Å². The number of hydrogen-bond donors (Lipinski definition) is 1. The van der Waals surface area contributed by atoms with Crippen LogP contribution in [-0.2, 0) is 4.74 Å². The third-order valence-electron chi connectivity index (χ3n) is 4.39. The van der Waals surface area contributed by atoms with Gasteiger partial charge in [0.05, 0.1) is 19.3 Å². The maximum Gasteiger partial charge on any atom is 0.125 e. The number of ether oxygens (including phenoxy) is 2. The molecule has 2 unspecified atom stereocenters. The van der Waals surface area contributed by atoms with Crippen molar-refractivity contribution in [2.24, 2.45) is 0 Å². The minimum Gasteiger partial charge on any atom is -0.486 e. The third kappa shape index (κ3) is 3.23. The van der Waals surface area contributed by atoms with Crippen LogP contribution in [0.15, 0.2) is 24.3 Å². The van der Waals surface area contributed by atoms with Crippen molar-refractivity contribution < 1.29 is 9.47 Å². The molecule has 4 heteroatoms. The molecule has 0 radical (unpaired) electrons. The lowest BCUT2D eigenvalue weighted by Crippen LogP contribution is -2.48. The molecule has 2 atom stereocenters. The minimum absolute atomic E-state index is 0.205. The average molecular weight is 290 g/mol. The van der Waals surface area contributed by atoms with E-state index in [1.807, 2.05) is 6.07 Å². The monoisotopic (exact) mass is 290 g/mol. The van der Waals surface area contributed by atoms with Gasteiger partial charge < -0.3 is 14.8 Å². The number of fused-ring (bicyclic) bond motifs is 1. The lowest BCUT2D eigenvalue weighted by Gasteiger charge is -2.33. The van der Waals surface area contributed by atoms with Crippen LogP contribution < -0.4 is 10.1 Å². The summed E-state index contributed by atoms with van der Waals surface area (Å²) >= 11 is 0. The predicted octanol–water partition coefficient (Wildman–Crippen LogP) is 2.21. The highest BCUT2D eigenvalue weighted by Crippen LogP contribution is 2.42. The highest BCUT2D eigenvalue weighted by molar-refractivity contribution is 5.42. The van der Waals surface area contributed by atoms with Gasteiger partial charge in [0, 0.05) is 31.2 Å². The Morgan fingerprint density at radius 2 is 2.00 bits per heavy atom. The van der Waals surface area contributed by atoms with E-state index in [1.165, 1.54) is 5.56 Å². The van der Waals surface area contributed by atoms with E-state index in [4.69, 9.17) is 9.47 Å². The van der Waals surface area contributed by atoms with Crippen LogP contribution in [0, 0.1) is 0 Å². The zero-order chi connectivity index (χ0) is 14.9. The Bertz CT molecular complexity index is 483. The summed E-state index contributed by atoms with van der Waals surface area (Å²) in [4.78, 5) is 2.47. The summed E-state index contributed by atoms with van der Waals surface area (Å²) in [7, 11) is 0. The van der Waals surface area contributed by atoms with E-state index >= 15 is 0 Å². The first kappa shape index (κ1) is 14.8. The largest absolute Gasteiger partial charge is 0.486 e. The van der Waals surface area contributed by atoms with Crippen LogP contribution in [0.4, 0.5) is 0 Å². The van der Waals surface area contributed by atoms with Gasteiger partial charge in [0.15, 0.2) is 0 Å². The van der Waals surface area contributed by atoms with Crippen molar-refractivity contribution in [3.8, 4) is 5.75 Å². The van der Waals surface area contributed by atoms with Crippen molar-refractivity contribution in [2.75, 3.05) is 32.8 Å². The van der Waals surface area contributed by atoms with Crippen molar-refractivity contribution in [1.82, 2.24) is 10.2 Å². The van der Waals surface area contributed by atoms with Gasteiger partial charge in [-0.3, -0.25) is 4.90 Å². The molecule has 0 amide bonds. The summed E-state index contributed by atoms with van der Waals surface area (Å²) in [5, 5.41) is 3.77. The molecule has 0 aliphatic carbocycles. The second-order valence-corrected chi connectivity index (χ2v) is 6.66. The van der Waals surface area contributed by atoms with E-state index in [0.29, 0.717) is 6.04 Å². The first-order chi connectivity index (χ1) is 10.1. The molecule has 1 N–H and O–H groups in total. The summed E-state index contributed by atoms with van der Waals surface area (Å²) < 4.78 is 11.5. The number of morpholine rings is 1. The molecule has 2 aliphatic rings. The lowest BCUT2D eigenvalue weighted by atomic mass is 9.94. The van der Waals surface area contributed by atoms with Crippen LogP contribution in [0.2, 0.25) is 0 Å². The first-order valence-corrected chi connectivity index (χ1v) is 7.90. The van der Waals surface area contributed by atoms with Gasteiger partial charge in [-0.25, -0.2) is 0 Å². The Hall–Kier alpha value is -1.10. The second-order valence-electron chi connectivity index (χ2n) is 6.66. The van der Waals surface area contributed by atoms with E-state index in [2.05, 4.69) is 49.2 Å². The SMILES string of the molecule is CC(CN1CCOCC1)NC1c2ccccc2OC1(C)C. The summed E-state index contributed by atoms with van der Waals surface area (Å²) in [6.07, 6.45) is 0. The van der Waals surface area contributed by atoms with E-state index in [1.54, 1.807) is 0 Å². The maximum atomic E-state index is 6.10. The standard InChI is InChI=1S/C17H26N2O2/c1-13(12-19-8-10-20-11-9-19)18-16-14-6-4-5-7-15(14)21-17(16,2)3/h4-7,13,16,18H,8-12H2,1-3H3. The molecule has 116 valence electrons. The number of benzene rings is 1. The molecule has 1 aromatic rings. The fourth-order valence-corrected chi connectivity index (χ4v) is 3.33. The van der Waals surface area contributed by atoms with Crippen LogP contribution in [0.25, 0.3) is 0 Å². The van der Waals surface area contributed by atoms with Gasteiger partial charge in [-0.15, -0.1) is 0 Å². The lowest BCUT2D eigenvalue weighted by molar-refractivity contribution is 0.0307. The Balaban J connectivity index is 1.65. The zero-order valence-electron chi connectivity index (χ0n) is 13.3.